The van der Waals surface area contributed by atoms with Crippen molar-refractivity contribution in [3.05, 3.63) is 35.9 Å². The van der Waals surface area contributed by atoms with Crippen LogP contribution in [0.3, 0.4) is 0 Å². The van der Waals surface area contributed by atoms with Crippen molar-refractivity contribution in [2.75, 3.05) is 19.6 Å². The molecule has 1 aromatic carbocycles. The Bertz CT molecular complexity index is 440. The van der Waals surface area contributed by atoms with Crippen LogP contribution in [0, 0.1) is 5.92 Å². The third-order valence-electron chi connectivity index (χ3n) is 4.38. The van der Waals surface area contributed by atoms with Crippen molar-refractivity contribution in [1.29, 1.82) is 0 Å². The number of hydrogen-bond acceptors (Lipinski definition) is 3. The second-order valence-corrected chi connectivity index (χ2v) is 5.76. The van der Waals surface area contributed by atoms with Crippen molar-refractivity contribution in [3.8, 4) is 0 Å². The molecule has 1 aromatic rings. The number of amides is 1. The molecule has 2 N–H and O–H groups in total. The Labute approximate surface area is 120 Å². The molecular weight excluding hydrogens is 250 g/mol. The quantitative estimate of drug-likeness (QED) is 0.864. The van der Waals surface area contributed by atoms with Crippen molar-refractivity contribution < 1.29 is 4.79 Å². The highest BCUT2D eigenvalue weighted by atomic mass is 16.2. The first kappa shape index (κ1) is 13.6. The van der Waals surface area contributed by atoms with Crippen molar-refractivity contribution in [3.63, 3.8) is 0 Å². The van der Waals surface area contributed by atoms with Gasteiger partial charge < -0.3 is 4.90 Å². The molecule has 2 fully saturated rings. The van der Waals surface area contributed by atoms with E-state index in [4.69, 9.17) is 0 Å². The Morgan fingerprint density at radius 3 is 2.45 bits per heavy atom. The molecule has 0 aromatic heterocycles. The molecule has 2 saturated heterocycles. The molecule has 0 saturated carbocycles. The molecule has 0 spiro atoms. The average molecular weight is 273 g/mol. The van der Waals surface area contributed by atoms with Crippen LogP contribution < -0.4 is 10.9 Å². The number of benzene rings is 1. The van der Waals surface area contributed by atoms with Crippen molar-refractivity contribution in [1.82, 2.24) is 15.8 Å². The normalized spacial score (nSPS) is 27.3. The van der Waals surface area contributed by atoms with Gasteiger partial charge in [0.05, 0.1) is 12.0 Å². The van der Waals surface area contributed by atoms with Gasteiger partial charge in [0.2, 0.25) is 5.91 Å². The summed E-state index contributed by atoms with van der Waals surface area (Å²) in [5, 5.41) is 0. The van der Waals surface area contributed by atoms with E-state index in [0.717, 1.165) is 32.5 Å². The second kappa shape index (κ2) is 6.37. The summed E-state index contributed by atoms with van der Waals surface area (Å²) >= 11 is 0. The molecule has 4 nitrogen and oxygen atoms in total. The Balaban J connectivity index is 1.73. The van der Waals surface area contributed by atoms with E-state index in [9.17, 15) is 4.79 Å². The zero-order chi connectivity index (χ0) is 13.8. The van der Waals surface area contributed by atoms with Crippen molar-refractivity contribution >= 4 is 5.91 Å². The lowest BCUT2D eigenvalue weighted by atomic mass is 9.93. The van der Waals surface area contributed by atoms with E-state index < -0.39 is 0 Å². The summed E-state index contributed by atoms with van der Waals surface area (Å²) < 4.78 is 0. The van der Waals surface area contributed by atoms with Crippen molar-refractivity contribution in [2.24, 2.45) is 5.92 Å². The predicted molar refractivity (Wildman–Crippen MR) is 78.9 cm³/mol. The zero-order valence-electron chi connectivity index (χ0n) is 11.8. The maximum atomic E-state index is 12.8. The first-order valence-electron chi connectivity index (χ1n) is 7.68. The minimum atomic E-state index is 0.00972. The van der Waals surface area contributed by atoms with E-state index >= 15 is 0 Å². The standard InChI is InChI=1S/C16H23N3O/c20-16(19-10-6-1-2-7-11-19)14-12-17-18-15(14)13-8-4-3-5-9-13/h3-5,8-9,14-15,17-18H,1-2,6-7,10-12H2. The molecule has 20 heavy (non-hydrogen) atoms. The lowest BCUT2D eigenvalue weighted by Crippen LogP contribution is -2.39. The lowest BCUT2D eigenvalue weighted by Gasteiger charge is -2.26. The lowest BCUT2D eigenvalue weighted by molar-refractivity contribution is -0.135. The van der Waals surface area contributed by atoms with Gasteiger partial charge in [0.15, 0.2) is 0 Å². The van der Waals surface area contributed by atoms with Gasteiger partial charge in [-0.2, -0.15) is 0 Å². The highest BCUT2D eigenvalue weighted by molar-refractivity contribution is 5.80. The van der Waals surface area contributed by atoms with E-state index in [1.165, 1.54) is 18.4 Å². The largest absolute Gasteiger partial charge is 0.342 e. The molecular formula is C16H23N3O. The maximum absolute atomic E-state index is 12.8. The first-order chi connectivity index (χ1) is 9.86. The van der Waals surface area contributed by atoms with Gasteiger partial charge in [-0.05, 0) is 18.4 Å². The summed E-state index contributed by atoms with van der Waals surface area (Å²) in [4.78, 5) is 14.9. The summed E-state index contributed by atoms with van der Waals surface area (Å²) in [5.41, 5.74) is 7.61. The third-order valence-corrected chi connectivity index (χ3v) is 4.38. The smallest absolute Gasteiger partial charge is 0.229 e. The predicted octanol–water partition coefficient (Wildman–Crippen LogP) is 1.85. The minimum absolute atomic E-state index is 0.00972. The Morgan fingerprint density at radius 1 is 1.05 bits per heavy atom. The Hall–Kier alpha value is -1.39. The molecule has 2 heterocycles. The molecule has 1 amide bonds. The molecule has 108 valence electrons. The van der Waals surface area contributed by atoms with E-state index in [0.29, 0.717) is 5.91 Å². The molecule has 2 aliphatic rings. The summed E-state index contributed by atoms with van der Waals surface area (Å²) in [5.74, 6) is 0.314. The van der Waals surface area contributed by atoms with Crippen molar-refractivity contribution in [2.45, 2.75) is 31.7 Å². The number of carbonyl (C=O) groups excluding carboxylic acids is 1. The van der Waals surface area contributed by atoms with Gasteiger partial charge in [0.25, 0.3) is 0 Å². The first-order valence-corrected chi connectivity index (χ1v) is 7.68. The topological polar surface area (TPSA) is 44.4 Å². The molecule has 4 heteroatoms. The second-order valence-electron chi connectivity index (χ2n) is 5.76. The highest BCUT2D eigenvalue weighted by Gasteiger charge is 2.36. The Kier molecular flexibility index (Phi) is 4.33. The third kappa shape index (κ3) is 2.86. The number of carbonyl (C=O) groups is 1. The maximum Gasteiger partial charge on any atom is 0.229 e. The van der Waals surface area contributed by atoms with Crippen LogP contribution in [0.15, 0.2) is 30.3 Å². The SMILES string of the molecule is O=C(C1CNNC1c1ccccc1)N1CCCCCC1. The van der Waals surface area contributed by atoms with Crippen LogP contribution in [0.1, 0.15) is 37.3 Å². The van der Waals surface area contributed by atoms with Gasteiger partial charge >= 0.3 is 0 Å². The van der Waals surface area contributed by atoms with Crippen LogP contribution in [0.5, 0.6) is 0 Å². The fraction of sp³-hybridized carbons (Fsp3) is 0.562. The van der Waals surface area contributed by atoms with E-state index in [-0.39, 0.29) is 12.0 Å². The number of rotatable bonds is 2. The summed E-state index contributed by atoms with van der Waals surface area (Å²) in [6.45, 7) is 2.57. The molecule has 0 radical (unpaired) electrons. The number of nitrogens with zero attached hydrogens (tertiary/aromatic N) is 1. The number of nitrogens with one attached hydrogen (secondary N) is 2. The molecule has 0 bridgehead atoms. The number of hydrazine groups is 1. The van der Waals surface area contributed by atoms with Crippen LogP contribution in [0.2, 0.25) is 0 Å². The van der Waals surface area contributed by atoms with Gasteiger partial charge in [-0.3, -0.25) is 10.2 Å². The highest BCUT2D eigenvalue weighted by Crippen LogP contribution is 2.27. The fourth-order valence-corrected chi connectivity index (χ4v) is 3.23. The van der Waals surface area contributed by atoms with Crippen LogP contribution in [0.25, 0.3) is 0 Å². The summed E-state index contributed by atoms with van der Waals surface area (Å²) in [6.07, 6.45) is 4.81. The summed E-state index contributed by atoms with van der Waals surface area (Å²) in [7, 11) is 0. The van der Waals surface area contributed by atoms with Crippen LogP contribution in [0.4, 0.5) is 0 Å². The molecule has 2 aliphatic heterocycles. The zero-order valence-corrected chi connectivity index (χ0v) is 11.8. The van der Waals surface area contributed by atoms with Crippen LogP contribution in [-0.2, 0) is 4.79 Å². The van der Waals surface area contributed by atoms with Crippen LogP contribution in [-0.4, -0.2) is 30.4 Å². The molecule has 3 rings (SSSR count). The van der Waals surface area contributed by atoms with Gasteiger partial charge in [-0.25, -0.2) is 5.43 Å². The van der Waals surface area contributed by atoms with Gasteiger partial charge in [0.1, 0.15) is 0 Å². The number of likely N-dealkylation sites (tertiary alicyclic amines) is 1. The Morgan fingerprint density at radius 2 is 1.75 bits per heavy atom. The van der Waals surface area contributed by atoms with E-state index in [2.05, 4.69) is 27.9 Å². The van der Waals surface area contributed by atoms with Gasteiger partial charge in [-0.1, -0.05) is 43.2 Å². The minimum Gasteiger partial charge on any atom is -0.342 e. The number of hydrogen-bond donors (Lipinski definition) is 2. The monoisotopic (exact) mass is 273 g/mol. The van der Waals surface area contributed by atoms with E-state index in [1.54, 1.807) is 0 Å². The molecule has 2 unspecified atom stereocenters. The molecule has 0 aliphatic carbocycles. The van der Waals surface area contributed by atoms with Gasteiger partial charge in [-0.15, -0.1) is 0 Å². The summed E-state index contributed by atoms with van der Waals surface area (Å²) in [6, 6.07) is 10.3. The van der Waals surface area contributed by atoms with Crippen LogP contribution >= 0.6 is 0 Å². The fourth-order valence-electron chi connectivity index (χ4n) is 3.23. The van der Waals surface area contributed by atoms with Gasteiger partial charge in [0, 0.05) is 19.6 Å². The molecule has 2 atom stereocenters. The average Bonchev–Trinajstić information content (AvgIpc) is 2.82. The van der Waals surface area contributed by atoms with E-state index in [1.807, 2.05) is 18.2 Å².